The summed E-state index contributed by atoms with van der Waals surface area (Å²) >= 11 is 1.67. The number of aryl methyl sites for hydroxylation is 1. The molecule has 0 bridgehead atoms. The number of benzene rings is 2. The molecular weight excluding hydrogens is 536 g/mol. The molecule has 40 heavy (non-hydrogen) atoms. The van der Waals surface area contributed by atoms with Crippen molar-refractivity contribution in [2.75, 3.05) is 36.5 Å². The Hall–Kier alpha value is -3.09. The van der Waals surface area contributed by atoms with Crippen molar-refractivity contribution >= 4 is 34.0 Å². The lowest BCUT2D eigenvalue weighted by Crippen LogP contribution is -2.45. The predicted octanol–water partition coefficient (Wildman–Crippen LogP) is 8.05. The van der Waals surface area contributed by atoms with E-state index < -0.39 is 12.7 Å². The zero-order valence-electron chi connectivity index (χ0n) is 23.6. The molecule has 2 N–H and O–H groups in total. The van der Waals surface area contributed by atoms with Gasteiger partial charge >= 0.3 is 6.18 Å². The zero-order valence-corrected chi connectivity index (χ0v) is 24.4. The molecule has 9 heteroatoms. The number of hydrogen-bond acceptors (Lipinski definition) is 4. The first-order valence-corrected chi connectivity index (χ1v) is 14.6. The van der Waals surface area contributed by atoms with E-state index in [0.717, 1.165) is 17.7 Å². The minimum atomic E-state index is -4.42. The Balaban J connectivity index is 1.62. The summed E-state index contributed by atoms with van der Waals surface area (Å²) < 4.78 is 57.0. The molecule has 1 aliphatic heterocycles. The standard InChI is InChI=1S/C31H36F4N4S/c1-6-21-17-23(40-5)12-13-26(21)36-15-8-9-22-18-24-27(10-7-11-29(24)39(22)20-31(33,34)35)37-28-14-16-38(19-25(28)32)30(2,3)4/h7,10-13,17-18,36-37H,6,14-16,19-20H2,1-5H3. The summed E-state index contributed by atoms with van der Waals surface area (Å²) in [5.41, 5.74) is 3.65. The van der Waals surface area contributed by atoms with E-state index in [4.69, 9.17) is 0 Å². The summed E-state index contributed by atoms with van der Waals surface area (Å²) in [6, 6.07) is 12.9. The lowest BCUT2D eigenvalue weighted by atomic mass is 10.0. The number of alkyl halides is 3. The summed E-state index contributed by atoms with van der Waals surface area (Å²) in [6.45, 7) is 8.22. The normalized spacial score (nSPS) is 14.8. The van der Waals surface area contributed by atoms with Gasteiger partial charge in [0.25, 0.3) is 0 Å². The summed E-state index contributed by atoms with van der Waals surface area (Å²) in [6.07, 6.45) is -1.06. The molecule has 0 atom stereocenters. The summed E-state index contributed by atoms with van der Waals surface area (Å²) in [7, 11) is 0. The monoisotopic (exact) mass is 572 g/mol. The highest BCUT2D eigenvalue weighted by Gasteiger charge is 2.31. The van der Waals surface area contributed by atoms with Crippen LogP contribution in [0.5, 0.6) is 0 Å². The second kappa shape index (κ2) is 12.2. The Labute approximate surface area is 238 Å². The van der Waals surface area contributed by atoms with Crippen LogP contribution in [0.25, 0.3) is 10.9 Å². The summed E-state index contributed by atoms with van der Waals surface area (Å²) in [4.78, 5) is 3.24. The number of nitrogens with one attached hydrogen (secondary N) is 2. The molecule has 4 nitrogen and oxygen atoms in total. The maximum atomic E-state index is 15.1. The van der Waals surface area contributed by atoms with Crippen LogP contribution in [0.1, 0.15) is 45.4 Å². The molecule has 2 heterocycles. The van der Waals surface area contributed by atoms with E-state index in [0.29, 0.717) is 35.3 Å². The number of hydrogen-bond donors (Lipinski definition) is 2. The smallest absolute Gasteiger partial charge is 0.374 e. The van der Waals surface area contributed by atoms with Gasteiger partial charge in [0.05, 0.1) is 24.3 Å². The zero-order chi connectivity index (χ0) is 29.1. The van der Waals surface area contributed by atoms with Crippen molar-refractivity contribution in [2.24, 2.45) is 0 Å². The van der Waals surface area contributed by atoms with Gasteiger partial charge in [-0.1, -0.05) is 18.9 Å². The first kappa shape index (κ1) is 29.9. The lowest BCUT2D eigenvalue weighted by molar-refractivity contribution is -0.140. The van der Waals surface area contributed by atoms with Crippen molar-refractivity contribution in [1.82, 2.24) is 9.47 Å². The topological polar surface area (TPSA) is 32.2 Å². The van der Waals surface area contributed by atoms with Gasteiger partial charge in [-0.3, -0.25) is 4.90 Å². The molecule has 0 spiro atoms. The number of halogens is 4. The second-order valence-corrected chi connectivity index (χ2v) is 11.7. The van der Waals surface area contributed by atoms with Crippen LogP contribution in [0.15, 0.2) is 58.9 Å². The van der Waals surface area contributed by atoms with Gasteiger partial charge < -0.3 is 15.2 Å². The Morgan fingerprint density at radius 1 is 1.05 bits per heavy atom. The van der Waals surface area contributed by atoms with Crippen molar-refractivity contribution in [3.8, 4) is 11.8 Å². The molecule has 1 aliphatic rings. The van der Waals surface area contributed by atoms with Crippen LogP contribution in [-0.4, -0.2) is 47.1 Å². The lowest BCUT2D eigenvalue weighted by Gasteiger charge is -2.38. The molecule has 0 aliphatic carbocycles. The van der Waals surface area contributed by atoms with Gasteiger partial charge in [-0.2, -0.15) is 13.2 Å². The van der Waals surface area contributed by atoms with Crippen LogP contribution < -0.4 is 10.6 Å². The van der Waals surface area contributed by atoms with Crippen molar-refractivity contribution in [3.63, 3.8) is 0 Å². The summed E-state index contributed by atoms with van der Waals surface area (Å²) in [5, 5.41) is 7.05. The molecule has 214 valence electrons. The van der Waals surface area contributed by atoms with E-state index in [1.165, 1.54) is 9.46 Å². The molecule has 0 fully saturated rings. The maximum Gasteiger partial charge on any atom is 0.406 e. The fourth-order valence-electron chi connectivity index (χ4n) is 4.87. The van der Waals surface area contributed by atoms with Crippen LogP contribution >= 0.6 is 11.8 Å². The van der Waals surface area contributed by atoms with E-state index in [9.17, 15) is 13.2 Å². The number of aromatic nitrogens is 1. The number of nitrogens with zero attached hydrogens (tertiary/aromatic N) is 2. The Morgan fingerprint density at radius 2 is 1.82 bits per heavy atom. The van der Waals surface area contributed by atoms with E-state index >= 15 is 4.39 Å². The number of thioether (sulfide) groups is 1. The largest absolute Gasteiger partial charge is 0.406 e. The Bertz CT molecular complexity index is 1450. The van der Waals surface area contributed by atoms with Crippen LogP contribution in [0.4, 0.5) is 28.9 Å². The quantitative estimate of drug-likeness (QED) is 0.170. The molecule has 2 aromatic carbocycles. The van der Waals surface area contributed by atoms with Crippen molar-refractivity contribution in [3.05, 3.63) is 65.2 Å². The molecule has 0 amide bonds. The van der Waals surface area contributed by atoms with Gasteiger partial charge in [0.15, 0.2) is 0 Å². The Kier molecular flexibility index (Phi) is 9.11. The minimum absolute atomic E-state index is 0.156. The van der Waals surface area contributed by atoms with Crippen LogP contribution in [0.2, 0.25) is 0 Å². The first-order chi connectivity index (χ1) is 18.9. The molecule has 0 radical (unpaired) electrons. The van der Waals surface area contributed by atoms with Crippen molar-refractivity contribution < 1.29 is 17.6 Å². The van der Waals surface area contributed by atoms with Gasteiger partial charge in [-0.05, 0) is 81.3 Å². The molecule has 0 saturated heterocycles. The molecule has 0 saturated carbocycles. The van der Waals surface area contributed by atoms with Crippen LogP contribution in [0, 0.1) is 11.8 Å². The highest BCUT2D eigenvalue weighted by atomic mass is 32.2. The average molecular weight is 573 g/mol. The average Bonchev–Trinajstić information content (AvgIpc) is 3.23. The minimum Gasteiger partial charge on any atom is -0.374 e. The van der Waals surface area contributed by atoms with Gasteiger partial charge in [0.2, 0.25) is 0 Å². The summed E-state index contributed by atoms with van der Waals surface area (Å²) in [5.74, 6) is 5.68. The molecule has 4 rings (SSSR count). The van der Waals surface area contributed by atoms with Gasteiger partial charge in [-0.15, -0.1) is 11.8 Å². The van der Waals surface area contributed by atoms with Crippen LogP contribution in [0.3, 0.4) is 0 Å². The molecule has 1 aromatic heterocycles. The van der Waals surface area contributed by atoms with Gasteiger partial charge in [0, 0.05) is 45.9 Å². The third-order valence-corrected chi connectivity index (χ3v) is 7.81. The van der Waals surface area contributed by atoms with E-state index in [-0.39, 0.29) is 30.1 Å². The Morgan fingerprint density at radius 3 is 2.48 bits per heavy atom. The molecule has 3 aromatic rings. The van der Waals surface area contributed by atoms with E-state index in [2.05, 4.69) is 40.4 Å². The highest BCUT2D eigenvalue weighted by molar-refractivity contribution is 7.98. The SMILES string of the molecule is CCc1cc(SC)ccc1NCC#Cc1cc2c(NC3=C(F)CN(C(C)(C)C)CC3)cccc2n1CC(F)(F)F. The predicted molar refractivity (Wildman–Crippen MR) is 159 cm³/mol. The first-order valence-electron chi connectivity index (χ1n) is 13.4. The number of fused-ring (bicyclic) bond motifs is 1. The molecule has 0 unspecified atom stereocenters. The van der Waals surface area contributed by atoms with Crippen LogP contribution in [-0.2, 0) is 13.0 Å². The van der Waals surface area contributed by atoms with Gasteiger partial charge in [-0.25, -0.2) is 4.39 Å². The highest BCUT2D eigenvalue weighted by Crippen LogP contribution is 2.33. The van der Waals surface area contributed by atoms with E-state index in [1.54, 1.807) is 36.0 Å². The van der Waals surface area contributed by atoms with Gasteiger partial charge in [0.1, 0.15) is 12.4 Å². The van der Waals surface area contributed by atoms with Crippen molar-refractivity contribution in [2.45, 2.75) is 63.7 Å². The number of anilines is 2. The fourth-order valence-corrected chi connectivity index (χ4v) is 5.34. The van der Waals surface area contributed by atoms with Crippen molar-refractivity contribution in [1.29, 1.82) is 0 Å². The third-order valence-electron chi connectivity index (χ3n) is 7.08. The fraction of sp³-hybridized carbons (Fsp3) is 0.419. The third kappa shape index (κ3) is 7.15. The maximum absolute atomic E-state index is 15.1. The number of rotatable bonds is 7. The van der Waals surface area contributed by atoms with E-state index in [1.807, 2.05) is 39.2 Å². The molecular formula is C31H36F4N4S. The second-order valence-electron chi connectivity index (χ2n) is 10.9.